The molecule has 3 aromatic rings. The van der Waals surface area contributed by atoms with E-state index in [1.807, 2.05) is 29.6 Å². The molecule has 138 valence electrons. The van der Waals surface area contributed by atoms with Gasteiger partial charge >= 0.3 is 0 Å². The second-order valence-corrected chi connectivity index (χ2v) is 7.52. The lowest BCUT2D eigenvalue weighted by molar-refractivity contribution is 0.0929. The van der Waals surface area contributed by atoms with Gasteiger partial charge in [-0.25, -0.2) is 0 Å². The summed E-state index contributed by atoms with van der Waals surface area (Å²) in [5.74, 6) is 0.798. The van der Waals surface area contributed by atoms with E-state index in [4.69, 9.17) is 4.42 Å². The molecule has 1 aliphatic rings. The van der Waals surface area contributed by atoms with Crippen LogP contribution < -0.4 is 10.6 Å². The number of thiophene rings is 1. The first-order chi connectivity index (χ1) is 13.2. The first-order valence-corrected chi connectivity index (χ1v) is 9.86. The number of carbonyl (C=O) groups excluding carboxylic acids is 2. The number of aryl methyl sites for hydroxylation is 1. The molecule has 0 radical (unpaired) electrons. The molecule has 4 rings (SSSR count). The lowest BCUT2D eigenvalue weighted by Gasteiger charge is -2.22. The minimum atomic E-state index is -0.0942. The van der Waals surface area contributed by atoms with E-state index in [9.17, 15) is 9.59 Å². The molecule has 0 spiro atoms. The van der Waals surface area contributed by atoms with Crippen LogP contribution in [-0.4, -0.2) is 11.8 Å². The van der Waals surface area contributed by atoms with Crippen molar-refractivity contribution in [3.8, 4) is 0 Å². The van der Waals surface area contributed by atoms with Gasteiger partial charge in [0.25, 0.3) is 11.8 Å². The van der Waals surface area contributed by atoms with Crippen LogP contribution in [0.25, 0.3) is 0 Å². The van der Waals surface area contributed by atoms with Crippen LogP contribution in [0.5, 0.6) is 0 Å². The van der Waals surface area contributed by atoms with E-state index in [1.54, 1.807) is 24.5 Å². The summed E-state index contributed by atoms with van der Waals surface area (Å²) < 4.78 is 5.48. The summed E-state index contributed by atoms with van der Waals surface area (Å²) >= 11 is 1.41. The number of hydrogen-bond acceptors (Lipinski definition) is 4. The van der Waals surface area contributed by atoms with Crippen molar-refractivity contribution in [2.75, 3.05) is 0 Å². The molecule has 0 saturated carbocycles. The summed E-state index contributed by atoms with van der Waals surface area (Å²) in [5.41, 5.74) is 2.65. The fourth-order valence-corrected chi connectivity index (χ4v) is 3.97. The number of nitrogens with one attached hydrogen (secondary N) is 2. The van der Waals surface area contributed by atoms with Crippen LogP contribution in [0, 0.1) is 0 Å². The van der Waals surface area contributed by atoms with Gasteiger partial charge in [0.15, 0.2) is 0 Å². The third-order valence-electron chi connectivity index (χ3n) is 4.77. The van der Waals surface area contributed by atoms with Crippen molar-refractivity contribution in [3.63, 3.8) is 0 Å². The third kappa shape index (κ3) is 3.95. The predicted octanol–water partition coefficient (Wildman–Crippen LogP) is 4.08. The second-order valence-electron chi connectivity index (χ2n) is 6.57. The average molecular weight is 380 g/mol. The molecular weight excluding hydrogens is 360 g/mol. The number of benzene rings is 1. The van der Waals surface area contributed by atoms with Gasteiger partial charge in [0.05, 0.1) is 17.2 Å². The Morgan fingerprint density at radius 1 is 1.11 bits per heavy atom. The SMILES string of the molecule is O=C(NC1CCCc2occc21)c1ccc(CNC(=O)c2cccs2)cc1. The number of amides is 2. The highest BCUT2D eigenvalue weighted by Gasteiger charge is 2.24. The Labute approximate surface area is 161 Å². The van der Waals surface area contributed by atoms with E-state index in [2.05, 4.69) is 10.6 Å². The molecule has 2 N–H and O–H groups in total. The van der Waals surface area contributed by atoms with Crippen LogP contribution in [0.4, 0.5) is 0 Å². The molecule has 0 saturated heterocycles. The normalized spacial score (nSPS) is 15.8. The molecule has 0 fully saturated rings. The van der Waals surface area contributed by atoms with Gasteiger partial charge in [-0.2, -0.15) is 0 Å². The topological polar surface area (TPSA) is 71.3 Å². The highest BCUT2D eigenvalue weighted by atomic mass is 32.1. The van der Waals surface area contributed by atoms with Crippen LogP contribution in [0.1, 0.15) is 55.8 Å². The standard InChI is InChI=1S/C21H20N2O3S/c24-20(23-17-3-1-4-18-16(17)10-11-26-18)15-8-6-14(7-9-15)13-22-21(25)19-5-2-12-27-19/h2,5-12,17H,1,3-4,13H2,(H,22,25)(H,23,24). The van der Waals surface area contributed by atoms with Crippen LogP contribution >= 0.6 is 11.3 Å². The Kier molecular flexibility index (Phi) is 5.07. The minimum absolute atomic E-state index is 0.00441. The first-order valence-electron chi connectivity index (χ1n) is 8.98. The summed E-state index contributed by atoms with van der Waals surface area (Å²) in [6.07, 6.45) is 4.55. The van der Waals surface area contributed by atoms with Gasteiger partial charge in [0, 0.05) is 24.1 Å². The van der Waals surface area contributed by atoms with Crippen molar-refractivity contribution in [3.05, 3.63) is 81.4 Å². The highest BCUT2D eigenvalue weighted by Crippen LogP contribution is 2.30. The Morgan fingerprint density at radius 3 is 2.74 bits per heavy atom. The van der Waals surface area contributed by atoms with Gasteiger partial charge in [-0.1, -0.05) is 18.2 Å². The van der Waals surface area contributed by atoms with Crippen molar-refractivity contribution in [2.24, 2.45) is 0 Å². The summed E-state index contributed by atoms with van der Waals surface area (Å²) in [5, 5.41) is 7.86. The van der Waals surface area contributed by atoms with Crippen molar-refractivity contribution in [1.29, 1.82) is 0 Å². The van der Waals surface area contributed by atoms with Crippen LogP contribution in [0.3, 0.4) is 0 Å². The predicted molar refractivity (Wildman–Crippen MR) is 104 cm³/mol. The van der Waals surface area contributed by atoms with E-state index in [0.717, 1.165) is 36.1 Å². The van der Waals surface area contributed by atoms with Gasteiger partial charge in [0.2, 0.25) is 0 Å². The summed E-state index contributed by atoms with van der Waals surface area (Å²) in [6, 6.07) is 12.9. The molecule has 27 heavy (non-hydrogen) atoms. The number of carbonyl (C=O) groups is 2. The molecule has 6 heteroatoms. The molecule has 0 bridgehead atoms. The van der Waals surface area contributed by atoms with Crippen LogP contribution in [-0.2, 0) is 13.0 Å². The van der Waals surface area contributed by atoms with E-state index < -0.39 is 0 Å². The average Bonchev–Trinajstić information content (AvgIpc) is 3.38. The molecule has 1 aromatic carbocycles. The molecule has 1 aliphatic carbocycles. The quantitative estimate of drug-likeness (QED) is 0.701. The Balaban J connectivity index is 1.35. The number of rotatable bonds is 5. The highest BCUT2D eigenvalue weighted by molar-refractivity contribution is 7.12. The number of fused-ring (bicyclic) bond motifs is 1. The molecule has 2 amide bonds. The fraction of sp³-hybridized carbons (Fsp3) is 0.238. The first kappa shape index (κ1) is 17.5. The lowest BCUT2D eigenvalue weighted by Crippen LogP contribution is -2.30. The molecule has 0 aliphatic heterocycles. The van der Waals surface area contributed by atoms with E-state index in [1.165, 1.54) is 11.3 Å². The lowest BCUT2D eigenvalue weighted by atomic mass is 9.93. The second kappa shape index (κ2) is 7.80. The van der Waals surface area contributed by atoms with Crippen molar-refractivity contribution >= 4 is 23.2 Å². The van der Waals surface area contributed by atoms with Crippen molar-refractivity contribution in [2.45, 2.75) is 31.8 Å². The van der Waals surface area contributed by atoms with Gasteiger partial charge < -0.3 is 15.1 Å². The molecule has 2 aromatic heterocycles. The monoisotopic (exact) mass is 380 g/mol. The van der Waals surface area contributed by atoms with Gasteiger partial charge in [-0.15, -0.1) is 11.3 Å². The van der Waals surface area contributed by atoms with Gasteiger partial charge in [-0.05, 0) is 48.1 Å². The Morgan fingerprint density at radius 2 is 1.96 bits per heavy atom. The summed E-state index contributed by atoms with van der Waals surface area (Å²) in [6.45, 7) is 0.430. The minimum Gasteiger partial charge on any atom is -0.469 e. The molecule has 1 atom stereocenters. The van der Waals surface area contributed by atoms with Gasteiger partial charge in [-0.3, -0.25) is 9.59 Å². The molecular formula is C21H20N2O3S. The van der Waals surface area contributed by atoms with Crippen molar-refractivity contribution in [1.82, 2.24) is 10.6 Å². The van der Waals surface area contributed by atoms with E-state index in [0.29, 0.717) is 17.0 Å². The largest absolute Gasteiger partial charge is 0.469 e. The van der Waals surface area contributed by atoms with Crippen LogP contribution in [0.15, 0.2) is 58.5 Å². The maximum absolute atomic E-state index is 12.6. The zero-order chi connectivity index (χ0) is 18.6. The van der Waals surface area contributed by atoms with Gasteiger partial charge in [0.1, 0.15) is 5.76 Å². The number of hydrogen-bond donors (Lipinski definition) is 2. The fourth-order valence-electron chi connectivity index (χ4n) is 3.33. The molecule has 2 heterocycles. The Hall–Kier alpha value is -2.86. The maximum Gasteiger partial charge on any atom is 0.261 e. The van der Waals surface area contributed by atoms with Crippen LogP contribution in [0.2, 0.25) is 0 Å². The van der Waals surface area contributed by atoms with Crippen molar-refractivity contribution < 1.29 is 14.0 Å². The van der Waals surface area contributed by atoms with E-state index in [-0.39, 0.29) is 17.9 Å². The third-order valence-corrected chi connectivity index (χ3v) is 5.64. The smallest absolute Gasteiger partial charge is 0.261 e. The summed E-state index contributed by atoms with van der Waals surface area (Å²) in [4.78, 5) is 25.2. The molecule has 5 nitrogen and oxygen atoms in total. The zero-order valence-electron chi connectivity index (χ0n) is 14.7. The summed E-state index contributed by atoms with van der Waals surface area (Å²) in [7, 11) is 0. The number of furan rings is 1. The maximum atomic E-state index is 12.6. The van der Waals surface area contributed by atoms with E-state index >= 15 is 0 Å². The Bertz CT molecular complexity index is 929. The zero-order valence-corrected chi connectivity index (χ0v) is 15.6. The molecule has 1 unspecified atom stereocenters.